The van der Waals surface area contributed by atoms with Crippen LogP contribution in [-0.4, -0.2) is 6.36 Å². The van der Waals surface area contributed by atoms with Crippen LogP contribution >= 0.6 is 0 Å². The summed E-state index contributed by atoms with van der Waals surface area (Å²) in [6.07, 6.45) is -1.64. The molecule has 0 heterocycles. The summed E-state index contributed by atoms with van der Waals surface area (Å²) in [5.41, 5.74) is 4.39. The Hall–Kier alpha value is -3.78. The molecule has 0 saturated carbocycles. The van der Waals surface area contributed by atoms with E-state index in [1.54, 1.807) is 24.3 Å². The highest BCUT2D eigenvalue weighted by molar-refractivity contribution is 5.85. The highest BCUT2D eigenvalue weighted by Gasteiger charge is 2.30. The van der Waals surface area contributed by atoms with Crippen LogP contribution in [0.1, 0.15) is 41.2 Å². The summed E-state index contributed by atoms with van der Waals surface area (Å²) >= 11 is 0. The van der Waals surface area contributed by atoms with Gasteiger partial charge in [-0.25, -0.2) is 4.39 Å². The first-order valence-electron chi connectivity index (χ1n) is 11.5. The van der Waals surface area contributed by atoms with Crippen molar-refractivity contribution >= 4 is 10.8 Å². The molecule has 0 N–H and O–H groups in total. The summed E-state index contributed by atoms with van der Waals surface area (Å²) in [6, 6.07) is 22.9. The van der Waals surface area contributed by atoms with E-state index < -0.39 is 6.36 Å². The van der Waals surface area contributed by atoms with Gasteiger partial charge in [0.25, 0.3) is 0 Å². The van der Waals surface area contributed by atoms with E-state index in [1.807, 2.05) is 30.3 Å². The van der Waals surface area contributed by atoms with Gasteiger partial charge in [-0.15, -0.1) is 13.2 Å². The van der Waals surface area contributed by atoms with Gasteiger partial charge in [-0.2, -0.15) is 0 Å². The lowest BCUT2D eigenvalue weighted by Crippen LogP contribution is -2.17. The highest BCUT2D eigenvalue weighted by Crippen LogP contribution is 2.25. The van der Waals surface area contributed by atoms with Crippen LogP contribution in [0.5, 0.6) is 5.75 Å². The number of halogens is 4. The SMILES string of the molecule is CCCc1ccc(C#Cc2ccc3c(F)c(CCc4ccc(OC(F)(F)F)cc4)ccc3c2)cc1. The van der Waals surface area contributed by atoms with E-state index in [0.29, 0.717) is 23.8 Å². The van der Waals surface area contributed by atoms with Gasteiger partial charge in [0, 0.05) is 16.5 Å². The lowest BCUT2D eigenvalue weighted by molar-refractivity contribution is -0.274. The lowest BCUT2D eigenvalue weighted by Gasteiger charge is -2.10. The van der Waals surface area contributed by atoms with E-state index in [4.69, 9.17) is 0 Å². The van der Waals surface area contributed by atoms with Crippen molar-refractivity contribution in [1.29, 1.82) is 0 Å². The maximum Gasteiger partial charge on any atom is 0.573 e. The summed E-state index contributed by atoms with van der Waals surface area (Å²) < 4.78 is 55.9. The minimum atomic E-state index is -4.72. The fourth-order valence-corrected chi connectivity index (χ4v) is 3.93. The second-order valence-corrected chi connectivity index (χ2v) is 8.36. The zero-order chi connectivity index (χ0) is 24.8. The van der Waals surface area contributed by atoms with E-state index in [2.05, 4.69) is 35.6 Å². The van der Waals surface area contributed by atoms with Crippen molar-refractivity contribution in [2.45, 2.75) is 39.0 Å². The van der Waals surface area contributed by atoms with Crippen molar-refractivity contribution in [3.8, 4) is 17.6 Å². The van der Waals surface area contributed by atoms with Gasteiger partial charge in [0.2, 0.25) is 0 Å². The molecule has 0 aromatic heterocycles. The first kappa shape index (κ1) is 24.3. The number of hydrogen-bond acceptors (Lipinski definition) is 1. The second kappa shape index (κ2) is 10.7. The van der Waals surface area contributed by atoms with Crippen LogP contribution in [-0.2, 0) is 19.3 Å². The molecule has 4 aromatic carbocycles. The smallest absolute Gasteiger partial charge is 0.406 e. The zero-order valence-electron chi connectivity index (χ0n) is 19.3. The molecule has 1 nitrogen and oxygen atoms in total. The average Bonchev–Trinajstić information content (AvgIpc) is 2.83. The fraction of sp³-hybridized carbons (Fsp3) is 0.200. The van der Waals surface area contributed by atoms with Gasteiger partial charge in [-0.05, 0) is 77.7 Å². The minimum Gasteiger partial charge on any atom is -0.406 e. The van der Waals surface area contributed by atoms with Gasteiger partial charge in [0.1, 0.15) is 11.6 Å². The normalized spacial score (nSPS) is 11.2. The standard InChI is InChI=1S/C30H24F4O/c1-2-3-21-4-6-22(7-5-21)8-9-24-13-19-28-26(20-24)16-15-25(29(28)31)14-10-23-11-17-27(18-12-23)35-30(32,33)34/h4-7,11-13,15-20H,2-3,10,14H2,1H3. The number of hydrogen-bond donors (Lipinski definition) is 0. The molecule has 5 heteroatoms. The van der Waals surface area contributed by atoms with Crippen molar-refractivity contribution in [2.75, 3.05) is 0 Å². The predicted molar refractivity (Wildman–Crippen MR) is 131 cm³/mol. The Morgan fingerprint density at radius 1 is 0.714 bits per heavy atom. The fourth-order valence-electron chi connectivity index (χ4n) is 3.93. The average molecular weight is 477 g/mol. The van der Waals surface area contributed by atoms with Crippen molar-refractivity contribution in [2.24, 2.45) is 0 Å². The number of fused-ring (bicyclic) bond motifs is 1. The van der Waals surface area contributed by atoms with Gasteiger partial charge >= 0.3 is 6.36 Å². The third-order valence-electron chi connectivity index (χ3n) is 5.72. The number of aryl methyl sites for hydroxylation is 3. The van der Waals surface area contributed by atoms with Gasteiger partial charge in [0.15, 0.2) is 0 Å². The van der Waals surface area contributed by atoms with Gasteiger partial charge in [-0.1, -0.05) is 67.6 Å². The molecule has 0 aliphatic carbocycles. The largest absolute Gasteiger partial charge is 0.573 e. The molecule has 0 unspecified atom stereocenters. The van der Waals surface area contributed by atoms with Crippen molar-refractivity contribution in [3.63, 3.8) is 0 Å². The van der Waals surface area contributed by atoms with Crippen LogP contribution in [0, 0.1) is 17.7 Å². The van der Waals surface area contributed by atoms with Crippen LogP contribution in [0.3, 0.4) is 0 Å². The molecule has 0 bridgehead atoms. The summed E-state index contributed by atoms with van der Waals surface area (Å²) in [6.45, 7) is 2.15. The topological polar surface area (TPSA) is 9.23 Å². The summed E-state index contributed by atoms with van der Waals surface area (Å²) in [5.74, 6) is 5.75. The predicted octanol–water partition coefficient (Wildman–Crippen LogP) is 8.02. The Kier molecular flexibility index (Phi) is 7.41. The molecular formula is C30H24F4O. The van der Waals surface area contributed by atoms with Crippen molar-refractivity contribution < 1.29 is 22.3 Å². The first-order valence-corrected chi connectivity index (χ1v) is 11.5. The van der Waals surface area contributed by atoms with Crippen molar-refractivity contribution in [1.82, 2.24) is 0 Å². The Labute approximate surface area is 202 Å². The molecule has 178 valence electrons. The molecule has 4 aromatic rings. The quantitative estimate of drug-likeness (QED) is 0.202. The van der Waals surface area contributed by atoms with E-state index in [9.17, 15) is 13.2 Å². The molecule has 35 heavy (non-hydrogen) atoms. The van der Waals surface area contributed by atoms with Gasteiger partial charge < -0.3 is 4.74 Å². The van der Waals surface area contributed by atoms with E-state index in [0.717, 1.165) is 34.9 Å². The Morgan fingerprint density at radius 3 is 2.03 bits per heavy atom. The number of alkyl halides is 3. The third kappa shape index (κ3) is 6.64. The third-order valence-corrected chi connectivity index (χ3v) is 5.72. The molecule has 0 aliphatic rings. The molecule has 0 fully saturated rings. The van der Waals surface area contributed by atoms with Gasteiger partial charge in [0.05, 0.1) is 0 Å². The first-order chi connectivity index (χ1) is 16.8. The monoisotopic (exact) mass is 476 g/mol. The molecule has 0 aliphatic heterocycles. The summed E-state index contributed by atoms with van der Waals surface area (Å²) in [5, 5.41) is 1.29. The summed E-state index contributed by atoms with van der Waals surface area (Å²) in [4.78, 5) is 0. The maximum absolute atomic E-state index is 15.1. The molecule has 0 spiro atoms. The molecule has 0 radical (unpaired) electrons. The molecule has 0 saturated heterocycles. The van der Waals surface area contributed by atoms with Crippen LogP contribution in [0.15, 0.2) is 78.9 Å². The minimum absolute atomic E-state index is 0.273. The molecular weight excluding hydrogens is 452 g/mol. The Balaban J connectivity index is 1.44. The van der Waals surface area contributed by atoms with Crippen LogP contribution in [0.2, 0.25) is 0 Å². The molecule has 0 amide bonds. The van der Waals surface area contributed by atoms with E-state index >= 15 is 4.39 Å². The van der Waals surface area contributed by atoms with Crippen LogP contribution < -0.4 is 4.74 Å². The number of ether oxygens (including phenoxy) is 1. The van der Waals surface area contributed by atoms with Crippen LogP contribution in [0.4, 0.5) is 17.6 Å². The maximum atomic E-state index is 15.1. The molecule has 0 atom stereocenters. The second-order valence-electron chi connectivity index (χ2n) is 8.36. The highest BCUT2D eigenvalue weighted by atomic mass is 19.4. The lowest BCUT2D eigenvalue weighted by atomic mass is 9.99. The Bertz CT molecular complexity index is 1360. The van der Waals surface area contributed by atoms with Crippen LogP contribution in [0.25, 0.3) is 10.8 Å². The van der Waals surface area contributed by atoms with E-state index in [1.165, 1.54) is 17.7 Å². The van der Waals surface area contributed by atoms with Crippen molar-refractivity contribution in [3.05, 3.63) is 112 Å². The Morgan fingerprint density at radius 2 is 1.34 bits per heavy atom. The molecule has 4 rings (SSSR count). The summed E-state index contributed by atoms with van der Waals surface area (Å²) in [7, 11) is 0. The zero-order valence-corrected chi connectivity index (χ0v) is 19.3. The number of benzene rings is 4. The number of rotatable bonds is 6. The van der Waals surface area contributed by atoms with Gasteiger partial charge in [-0.3, -0.25) is 0 Å². The van der Waals surface area contributed by atoms with E-state index in [-0.39, 0.29) is 11.6 Å².